The van der Waals surface area contributed by atoms with Gasteiger partial charge in [-0.2, -0.15) is 5.10 Å². The van der Waals surface area contributed by atoms with Gasteiger partial charge in [-0.25, -0.2) is 5.01 Å². The monoisotopic (exact) mass is 404 g/mol. The summed E-state index contributed by atoms with van der Waals surface area (Å²) >= 11 is 1.47. The maximum absolute atomic E-state index is 14.1. The van der Waals surface area contributed by atoms with Gasteiger partial charge in [0, 0.05) is 16.9 Å². The Bertz CT molecular complexity index is 1050. The number of rotatable bonds is 5. The van der Waals surface area contributed by atoms with Crippen LogP contribution in [-0.4, -0.2) is 11.2 Å². The Balaban J connectivity index is 1.93. The van der Waals surface area contributed by atoms with Crippen LogP contribution in [0.5, 0.6) is 0 Å². The Morgan fingerprint density at radius 2 is 1.36 bits per heavy atom. The highest BCUT2D eigenvalue weighted by Crippen LogP contribution is 2.65. The lowest BCUT2D eigenvalue weighted by Gasteiger charge is -2.31. The molecule has 28 heavy (non-hydrogen) atoms. The average Bonchev–Trinajstić information content (AvgIpc) is 2.75. The van der Waals surface area contributed by atoms with Crippen molar-refractivity contribution in [3.63, 3.8) is 0 Å². The van der Waals surface area contributed by atoms with Crippen LogP contribution >= 0.6 is 17.7 Å². The molecule has 0 aromatic heterocycles. The van der Waals surface area contributed by atoms with Crippen molar-refractivity contribution >= 4 is 34.6 Å². The summed E-state index contributed by atoms with van der Waals surface area (Å²) in [6.45, 7) is 2.03. The van der Waals surface area contributed by atoms with Crippen LogP contribution in [0.2, 0.25) is 0 Å². The van der Waals surface area contributed by atoms with Crippen LogP contribution in [-0.2, 0) is 4.57 Å². The van der Waals surface area contributed by atoms with Crippen molar-refractivity contribution in [2.45, 2.75) is 6.92 Å². The van der Waals surface area contributed by atoms with Gasteiger partial charge in [0.2, 0.25) is 6.34 Å². The first-order valence-electron chi connectivity index (χ1n) is 9.23. The molecule has 3 nitrogen and oxygen atoms in total. The number of hydrogen-bond acceptors (Lipinski definition) is 4. The Morgan fingerprint density at radius 1 is 0.821 bits per heavy atom. The van der Waals surface area contributed by atoms with E-state index >= 15 is 0 Å². The summed E-state index contributed by atoms with van der Waals surface area (Å²) in [4.78, 5) is 0. The minimum absolute atomic E-state index is 0.642. The predicted octanol–water partition coefficient (Wildman–Crippen LogP) is 6.90. The van der Waals surface area contributed by atoms with Gasteiger partial charge in [-0.05, 0) is 17.9 Å². The standard InChI is InChI=1S/C23H21N2OPS/c1-2-28-27(26)18-22(19-12-6-3-7-13-19)25(21-16-10-5-11-17-21)24-23(27)20-14-8-4-9-15-20/h3-18H,2H2,1H3/t27-/m1/s1. The molecule has 1 atom stereocenters. The quantitative estimate of drug-likeness (QED) is 0.434. The number of anilines is 1. The van der Waals surface area contributed by atoms with Gasteiger partial charge in [0.25, 0.3) is 0 Å². The van der Waals surface area contributed by atoms with Crippen LogP contribution < -0.4 is 5.01 Å². The van der Waals surface area contributed by atoms with Crippen molar-refractivity contribution in [2.24, 2.45) is 5.10 Å². The van der Waals surface area contributed by atoms with E-state index in [2.05, 4.69) is 0 Å². The summed E-state index contributed by atoms with van der Waals surface area (Å²) in [5.74, 6) is 2.69. The molecule has 0 bridgehead atoms. The fourth-order valence-corrected chi connectivity index (χ4v) is 7.65. The summed E-state index contributed by atoms with van der Waals surface area (Å²) in [5.41, 5.74) is 4.34. The number of nitrogens with zero attached hydrogens (tertiary/aromatic N) is 2. The lowest BCUT2D eigenvalue weighted by atomic mass is 10.1. The first kappa shape index (κ1) is 18.8. The summed E-state index contributed by atoms with van der Waals surface area (Å²) in [6.07, 6.45) is -2.86. The molecule has 0 N–H and O–H groups in total. The van der Waals surface area contributed by atoms with Gasteiger partial charge >= 0.3 is 0 Å². The molecular weight excluding hydrogens is 383 g/mol. The van der Waals surface area contributed by atoms with Crippen LogP contribution in [0.1, 0.15) is 18.1 Å². The molecular formula is C23H21N2OPS. The number of hydrogen-bond donors (Lipinski definition) is 0. The molecule has 140 valence electrons. The highest BCUT2D eigenvalue weighted by Gasteiger charge is 2.35. The minimum Gasteiger partial charge on any atom is -0.301 e. The zero-order valence-electron chi connectivity index (χ0n) is 15.6. The Morgan fingerprint density at radius 3 is 1.93 bits per heavy atom. The van der Waals surface area contributed by atoms with Gasteiger partial charge in [0.05, 0.1) is 11.4 Å². The number of benzene rings is 3. The van der Waals surface area contributed by atoms with Crippen molar-refractivity contribution in [3.8, 4) is 0 Å². The zero-order valence-corrected chi connectivity index (χ0v) is 17.3. The van der Waals surface area contributed by atoms with Crippen molar-refractivity contribution in [3.05, 3.63) is 108 Å². The Labute approximate surface area is 169 Å². The molecule has 0 amide bonds. The zero-order chi connectivity index (χ0) is 19.4. The van der Waals surface area contributed by atoms with Crippen LogP contribution in [0.15, 0.2) is 102 Å². The van der Waals surface area contributed by atoms with Gasteiger partial charge in [0.15, 0.2) is 0 Å². The second-order valence-electron chi connectivity index (χ2n) is 6.33. The Kier molecular flexibility index (Phi) is 5.52. The molecule has 3 aromatic carbocycles. The predicted molar refractivity (Wildman–Crippen MR) is 122 cm³/mol. The fourth-order valence-electron chi connectivity index (χ4n) is 3.17. The third kappa shape index (κ3) is 3.71. The van der Waals surface area contributed by atoms with Gasteiger partial charge in [-0.3, -0.25) is 0 Å². The first-order valence-corrected chi connectivity index (χ1v) is 12.6. The summed E-state index contributed by atoms with van der Waals surface area (Å²) in [6, 6.07) is 29.9. The van der Waals surface area contributed by atoms with E-state index < -0.39 is 6.34 Å². The van der Waals surface area contributed by atoms with Gasteiger partial charge in [-0.1, -0.05) is 97.2 Å². The molecule has 0 fully saturated rings. The van der Waals surface area contributed by atoms with E-state index in [0.717, 1.165) is 28.3 Å². The van der Waals surface area contributed by atoms with E-state index in [4.69, 9.17) is 5.10 Å². The second kappa shape index (κ2) is 8.22. The van der Waals surface area contributed by atoms with Crippen LogP contribution in [0.25, 0.3) is 5.70 Å². The molecule has 0 saturated heterocycles. The molecule has 0 spiro atoms. The van der Waals surface area contributed by atoms with Crippen molar-refractivity contribution in [1.29, 1.82) is 0 Å². The lowest BCUT2D eigenvalue weighted by Crippen LogP contribution is -2.21. The van der Waals surface area contributed by atoms with Crippen molar-refractivity contribution < 1.29 is 4.57 Å². The molecule has 3 aromatic rings. The van der Waals surface area contributed by atoms with Crippen LogP contribution in [0, 0.1) is 0 Å². The van der Waals surface area contributed by atoms with Crippen LogP contribution in [0.3, 0.4) is 0 Å². The maximum atomic E-state index is 14.1. The van der Waals surface area contributed by atoms with Crippen molar-refractivity contribution in [2.75, 3.05) is 10.8 Å². The van der Waals surface area contributed by atoms with E-state index in [1.54, 1.807) is 0 Å². The van der Waals surface area contributed by atoms with Crippen LogP contribution in [0.4, 0.5) is 5.69 Å². The second-order valence-corrected chi connectivity index (χ2v) is 11.4. The molecule has 0 unspecified atom stereocenters. The van der Waals surface area contributed by atoms with E-state index in [-0.39, 0.29) is 0 Å². The molecule has 1 aliphatic rings. The molecule has 1 heterocycles. The molecule has 0 saturated carbocycles. The summed E-state index contributed by atoms with van der Waals surface area (Å²) in [5, 5.41) is 6.86. The number of para-hydroxylation sites is 1. The minimum atomic E-state index is -2.86. The largest absolute Gasteiger partial charge is 0.301 e. The van der Waals surface area contributed by atoms with E-state index in [9.17, 15) is 4.57 Å². The molecule has 0 aliphatic carbocycles. The lowest BCUT2D eigenvalue weighted by molar-refractivity contribution is 0.596. The number of hydrazone groups is 1. The Hall–Kier alpha value is -2.55. The molecule has 5 heteroatoms. The van der Waals surface area contributed by atoms with Gasteiger partial charge in [-0.15, -0.1) is 0 Å². The first-order chi connectivity index (χ1) is 13.7. The molecule has 0 radical (unpaired) electrons. The topological polar surface area (TPSA) is 32.7 Å². The third-order valence-electron chi connectivity index (χ3n) is 4.43. The van der Waals surface area contributed by atoms with Crippen molar-refractivity contribution in [1.82, 2.24) is 0 Å². The van der Waals surface area contributed by atoms with E-state index in [1.807, 2.05) is 109 Å². The average molecular weight is 404 g/mol. The fraction of sp³-hybridized carbons (Fsp3) is 0.0870. The van der Waals surface area contributed by atoms with Gasteiger partial charge < -0.3 is 4.57 Å². The van der Waals surface area contributed by atoms with E-state index in [1.165, 1.54) is 11.4 Å². The maximum Gasteiger partial charge on any atom is 0.210 e. The smallest absolute Gasteiger partial charge is 0.210 e. The SMILES string of the molecule is CCS[P@]1(=O)C=C(c2ccccc2)N(c2ccccc2)N=C1c1ccccc1. The third-order valence-corrected chi connectivity index (χ3v) is 9.36. The van der Waals surface area contributed by atoms with E-state index in [0.29, 0.717) is 5.45 Å². The highest BCUT2D eigenvalue weighted by atomic mass is 32.7. The molecule has 4 rings (SSSR count). The molecule has 1 aliphatic heterocycles. The summed E-state index contributed by atoms with van der Waals surface area (Å²) in [7, 11) is 0. The van der Waals surface area contributed by atoms with Gasteiger partial charge in [0.1, 0.15) is 5.45 Å². The summed E-state index contributed by atoms with van der Waals surface area (Å²) < 4.78 is 14.1. The normalized spacial score (nSPS) is 19.1. The highest BCUT2D eigenvalue weighted by molar-refractivity contribution is 8.64.